The van der Waals surface area contributed by atoms with Crippen LogP contribution in [0.3, 0.4) is 0 Å². The van der Waals surface area contributed by atoms with Crippen LogP contribution in [0.25, 0.3) is 10.8 Å². The van der Waals surface area contributed by atoms with Crippen LogP contribution in [0.1, 0.15) is 163 Å². The number of nitrogens with zero attached hydrogens (tertiary/aromatic N) is 2. The van der Waals surface area contributed by atoms with Gasteiger partial charge in [-0.25, -0.2) is 0 Å². The van der Waals surface area contributed by atoms with Crippen molar-refractivity contribution in [3.8, 4) is 0 Å². The highest BCUT2D eigenvalue weighted by Crippen LogP contribution is 2.53. The van der Waals surface area contributed by atoms with Gasteiger partial charge in [0.2, 0.25) is 0 Å². The summed E-state index contributed by atoms with van der Waals surface area (Å²) in [4.78, 5) is 35.5. The molecule has 0 unspecified atom stereocenters. The van der Waals surface area contributed by atoms with Gasteiger partial charge >= 0.3 is 0 Å². The van der Waals surface area contributed by atoms with Gasteiger partial charge in [-0.1, -0.05) is 178 Å². The van der Waals surface area contributed by atoms with Crippen LogP contribution in [0.15, 0.2) is 88.7 Å². The van der Waals surface area contributed by atoms with Gasteiger partial charge in [0, 0.05) is 37.7 Å². The zero-order chi connectivity index (χ0) is 36.1. The fraction of sp³-hybridized carbons (Fsp3) is 0.489. The summed E-state index contributed by atoms with van der Waals surface area (Å²) in [5, 5.41) is 1.74. The van der Waals surface area contributed by atoms with Crippen molar-refractivity contribution in [3.05, 3.63) is 90.0 Å². The molecular formula is C47H60N2O2S. The van der Waals surface area contributed by atoms with E-state index in [0.29, 0.717) is 11.1 Å². The van der Waals surface area contributed by atoms with E-state index in [1.54, 1.807) is 16.7 Å². The van der Waals surface area contributed by atoms with Crippen LogP contribution in [0.4, 0.5) is 17.1 Å². The average Bonchev–Trinajstić information content (AvgIpc) is 3.17. The van der Waals surface area contributed by atoms with E-state index in [2.05, 4.69) is 79.4 Å². The lowest BCUT2D eigenvalue weighted by Crippen LogP contribution is -2.47. The van der Waals surface area contributed by atoms with Crippen LogP contribution in [0, 0.1) is 0 Å². The minimum atomic E-state index is -0.118. The predicted octanol–water partition coefficient (Wildman–Crippen LogP) is 14.6. The van der Waals surface area contributed by atoms with Crippen molar-refractivity contribution in [3.63, 3.8) is 0 Å². The minimum absolute atomic E-state index is 0.0601. The predicted molar refractivity (Wildman–Crippen MR) is 221 cm³/mol. The maximum Gasteiger partial charge on any atom is 0.261 e. The molecular weight excluding hydrogens is 657 g/mol. The van der Waals surface area contributed by atoms with E-state index >= 15 is 0 Å². The summed E-state index contributed by atoms with van der Waals surface area (Å²) in [6, 6.07) is 27.1. The zero-order valence-electron chi connectivity index (χ0n) is 31.8. The summed E-state index contributed by atoms with van der Waals surface area (Å²) in [6.07, 6.45) is 24.6. The highest BCUT2D eigenvalue weighted by Gasteiger charge is 2.38. The second kappa shape index (κ2) is 19.5. The number of benzene rings is 4. The van der Waals surface area contributed by atoms with E-state index < -0.39 is 0 Å². The maximum absolute atomic E-state index is 14.5. The molecule has 2 heterocycles. The lowest BCUT2D eigenvalue weighted by Gasteiger charge is -2.36. The van der Waals surface area contributed by atoms with Crippen molar-refractivity contribution in [1.82, 2.24) is 4.90 Å². The van der Waals surface area contributed by atoms with E-state index in [0.717, 1.165) is 53.5 Å². The van der Waals surface area contributed by atoms with Crippen molar-refractivity contribution in [2.75, 3.05) is 4.90 Å². The van der Waals surface area contributed by atoms with Gasteiger partial charge in [0.15, 0.2) is 0 Å². The van der Waals surface area contributed by atoms with Gasteiger partial charge < -0.3 is 4.90 Å². The fourth-order valence-electron chi connectivity index (χ4n) is 8.37. The quantitative estimate of drug-likeness (QED) is 0.0528. The molecule has 5 heteroatoms. The van der Waals surface area contributed by atoms with Gasteiger partial charge in [-0.15, -0.1) is 0 Å². The van der Waals surface area contributed by atoms with Crippen LogP contribution in [-0.2, 0) is 0 Å². The standard InChI is InChI=1S/C47H60N2O2S/c1-3-5-7-9-11-13-15-17-19-26-36(27-20-18-16-14-12-10-8-6-4-2)48-46(50)38-29-25-28-37-40(35-34-39(45(37)38)47(48)51)49-41-30-21-23-32-43(41)52-44-33-24-22-31-42(44)49/h21-25,28-36H,3-20,26-27H2,1-2H3. The number of imide groups is 1. The summed E-state index contributed by atoms with van der Waals surface area (Å²) in [5.74, 6) is -0.237. The summed E-state index contributed by atoms with van der Waals surface area (Å²) in [5.41, 5.74) is 4.54. The van der Waals surface area contributed by atoms with Crippen molar-refractivity contribution >= 4 is 51.4 Å². The number of carbonyl (C=O) groups is 2. The Labute approximate surface area is 317 Å². The Morgan fingerprint density at radius 1 is 0.481 bits per heavy atom. The van der Waals surface area contributed by atoms with Crippen molar-refractivity contribution < 1.29 is 9.59 Å². The van der Waals surface area contributed by atoms with Gasteiger partial charge in [0.05, 0.1) is 17.1 Å². The Balaban J connectivity index is 1.21. The average molecular weight is 717 g/mol. The maximum atomic E-state index is 14.5. The number of carbonyl (C=O) groups excluding carboxylic acids is 2. The molecule has 0 radical (unpaired) electrons. The van der Waals surface area contributed by atoms with Crippen LogP contribution < -0.4 is 4.90 Å². The molecule has 2 aliphatic rings. The Hall–Kier alpha value is -3.57. The first-order valence-electron chi connectivity index (χ1n) is 20.7. The zero-order valence-corrected chi connectivity index (χ0v) is 32.7. The highest BCUT2D eigenvalue weighted by atomic mass is 32.2. The number of hydrogen-bond donors (Lipinski definition) is 0. The molecule has 276 valence electrons. The molecule has 2 aliphatic heterocycles. The largest absolute Gasteiger partial charge is 0.308 e. The first kappa shape index (κ1) is 38.2. The van der Waals surface area contributed by atoms with Gasteiger partial charge in [0.25, 0.3) is 11.8 Å². The molecule has 4 aromatic rings. The van der Waals surface area contributed by atoms with Crippen molar-refractivity contribution in [2.45, 2.75) is 158 Å². The second-order valence-electron chi connectivity index (χ2n) is 15.1. The summed E-state index contributed by atoms with van der Waals surface area (Å²) < 4.78 is 0. The van der Waals surface area contributed by atoms with E-state index in [9.17, 15) is 9.59 Å². The fourth-order valence-corrected chi connectivity index (χ4v) is 9.43. The molecule has 0 atom stereocenters. The summed E-state index contributed by atoms with van der Waals surface area (Å²) >= 11 is 1.78. The topological polar surface area (TPSA) is 40.6 Å². The van der Waals surface area contributed by atoms with Crippen molar-refractivity contribution in [1.29, 1.82) is 0 Å². The van der Waals surface area contributed by atoms with E-state index in [1.165, 1.54) is 113 Å². The minimum Gasteiger partial charge on any atom is -0.308 e. The summed E-state index contributed by atoms with van der Waals surface area (Å²) in [7, 11) is 0. The van der Waals surface area contributed by atoms with Crippen LogP contribution in [0.5, 0.6) is 0 Å². The molecule has 6 rings (SSSR count). The van der Waals surface area contributed by atoms with Gasteiger partial charge in [-0.3, -0.25) is 14.5 Å². The number of anilines is 3. The molecule has 4 nitrogen and oxygen atoms in total. The lowest BCUT2D eigenvalue weighted by atomic mass is 9.89. The molecule has 4 aromatic carbocycles. The Morgan fingerprint density at radius 2 is 0.942 bits per heavy atom. The van der Waals surface area contributed by atoms with Crippen LogP contribution >= 0.6 is 11.8 Å². The van der Waals surface area contributed by atoms with E-state index in [4.69, 9.17) is 0 Å². The number of para-hydroxylation sites is 2. The number of amides is 2. The normalized spacial score (nSPS) is 13.7. The Kier molecular flexibility index (Phi) is 14.3. The third-order valence-electron chi connectivity index (χ3n) is 11.2. The highest BCUT2D eigenvalue weighted by molar-refractivity contribution is 7.99. The number of rotatable bonds is 22. The Bertz CT molecular complexity index is 1690. The molecule has 0 N–H and O–H groups in total. The monoisotopic (exact) mass is 716 g/mol. The molecule has 0 saturated heterocycles. The van der Waals surface area contributed by atoms with Crippen LogP contribution in [0.2, 0.25) is 0 Å². The number of unbranched alkanes of at least 4 members (excludes halogenated alkanes) is 16. The van der Waals surface area contributed by atoms with Crippen LogP contribution in [-0.4, -0.2) is 22.8 Å². The first-order chi connectivity index (χ1) is 25.6. The third-order valence-corrected chi connectivity index (χ3v) is 12.4. The molecule has 0 fully saturated rings. The van der Waals surface area contributed by atoms with Gasteiger partial charge in [-0.2, -0.15) is 0 Å². The molecule has 52 heavy (non-hydrogen) atoms. The molecule has 0 saturated carbocycles. The van der Waals surface area contributed by atoms with Gasteiger partial charge in [-0.05, 0) is 55.3 Å². The molecule has 0 aromatic heterocycles. The molecule has 0 bridgehead atoms. The van der Waals surface area contributed by atoms with Crippen molar-refractivity contribution in [2.24, 2.45) is 0 Å². The molecule has 0 aliphatic carbocycles. The van der Waals surface area contributed by atoms with E-state index in [-0.39, 0.29) is 17.9 Å². The van der Waals surface area contributed by atoms with Gasteiger partial charge in [0.1, 0.15) is 0 Å². The molecule has 0 spiro atoms. The second-order valence-corrected chi connectivity index (χ2v) is 16.2. The number of fused-ring (bicyclic) bond motifs is 2. The Morgan fingerprint density at radius 3 is 1.46 bits per heavy atom. The smallest absolute Gasteiger partial charge is 0.261 e. The van der Waals surface area contributed by atoms with E-state index in [1.807, 2.05) is 18.2 Å². The number of hydrogen-bond acceptors (Lipinski definition) is 4. The SMILES string of the molecule is CCCCCCCCCCCC(CCCCCCCCCCC)N1C(=O)c2cccc3c(N4c5ccccc5Sc5ccccc54)ccc(c23)C1=O. The molecule has 2 amide bonds. The summed E-state index contributed by atoms with van der Waals surface area (Å²) in [6.45, 7) is 4.54. The lowest BCUT2D eigenvalue weighted by molar-refractivity contribution is 0.0517. The first-order valence-corrected chi connectivity index (χ1v) is 21.5. The third kappa shape index (κ3) is 8.96.